The maximum absolute atomic E-state index is 12.1. The van der Waals surface area contributed by atoms with E-state index < -0.39 is 5.97 Å². The topological polar surface area (TPSA) is 85.7 Å². The van der Waals surface area contributed by atoms with Gasteiger partial charge >= 0.3 is 5.97 Å². The normalized spacial score (nSPS) is 11.1. The predicted octanol–water partition coefficient (Wildman–Crippen LogP) is 3.26. The molecule has 0 aliphatic heterocycles. The third kappa shape index (κ3) is 2.80. The zero-order chi connectivity index (χ0) is 17.4. The second-order valence-corrected chi connectivity index (χ2v) is 6.33. The van der Waals surface area contributed by atoms with Crippen molar-refractivity contribution in [3.63, 3.8) is 0 Å². The molecule has 8 heteroatoms. The number of fused-ring (bicyclic) bond motifs is 1. The molecule has 0 amide bonds. The Kier molecular flexibility index (Phi) is 3.81. The molecule has 3 heterocycles. The largest absolute Gasteiger partial charge is 0.460 e. The van der Waals surface area contributed by atoms with Crippen LogP contribution in [0.5, 0.6) is 0 Å². The zero-order valence-electron chi connectivity index (χ0n) is 13.7. The van der Waals surface area contributed by atoms with E-state index in [-0.39, 0.29) is 5.82 Å². The first-order chi connectivity index (χ1) is 12.2. The van der Waals surface area contributed by atoms with Crippen molar-refractivity contribution >= 4 is 27.5 Å². The number of rotatable bonds is 4. The molecular weight excluding hydrogens is 338 g/mol. The minimum Gasteiger partial charge on any atom is -0.460 e. The minimum absolute atomic E-state index is 0.168. The number of esters is 1. The van der Waals surface area contributed by atoms with Crippen LogP contribution in [0.2, 0.25) is 0 Å². The highest BCUT2D eigenvalue weighted by atomic mass is 32.1. The number of nitrogens with zero attached hydrogens (tertiary/aromatic N) is 4. The Bertz CT molecular complexity index is 1060. The number of carbonyl (C=O) groups excluding carboxylic acids is 1. The summed E-state index contributed by atoms with van der Waals surface area (Å²) < 4.78 is 7.83. The standard InChI is InChI=1S/C17H15N5O2S/c1-3-24-17(23)16-19-14(15(20-16)12-6-7-22(2)21-12)10-4-5-11-13(8-10)25-9-18-11/h4-9H,3H2,1-2H3,(H,19,20). The molecular formula is C17H15N5O2S. The molecule has 0 atom stereocenters. The number of aryl methyl sites for hydroxylation is 1. The van der Waals surface area contributed by atoms with Crippen molar-refractivity contribution in [3.8, 4) is 22.6 Å². The van der Waals surface area contributed by atoms with Crippen molar-refractivity contribution in [1.82, 2.24) is 24.7 Å². The number of aromatic amines is 1. The average molecular weight is 353 g/mol. The van der Waals surface area contributed by atoms with Crippen LogP contribution >= 0.6 is 11.3 Å². The summed E-state index contributed by atoms with van der Waals surface area (Å²) >= 11 is 1.56. The number of nitrogens with one attached hydrogen (secondary N) is 1. The van der Waals surface area contributed by atoms with Gasteiger partial charge in [0.25, 0.3) is 0 Å². The van der Waals surface area contributed by atoms with E-state index in [1.807, 2.05) is 43.0 Å². The fourth-order valence-corrected chi connectivity index (χ4v) is 3.33. The summed E-state index contributed by atoms with van der Waals surface area (Å²) in [6.07, 6.45) is 1.84. The molecule has 0 bridgehead atoms. The number of hydrogen-bond donors (Lipinski definition) is 1. The van der Waals surface area contributed by atoms with E-state index in [1.165, 1.54) is 0 Å². The van der Waals surface area contributed by atoms with E-state index in [9.17, 15) is 4.79 Å². The third-order valence-electron chi connectivity index (χ3n) is 3.75. The molecule has 0 spiro atoms. The zero-order valence-corrected chi connectivity index (χ0v) is 14.5. The monoisotopic (exact) mass is 353 g/mol. The van der Waals surface area contributed by atoms with Crippen LogP contribution in [-0.4, -0.2) is 37.3 Å². The number of aromatic nitrogens is 5. The molecule has 0 aliphatic carbocycles. The number of thiazole rings is 1. The maximum Gasteiger partial charge on any atom is 0.374 e. The van der Waals surface area contributed by atoms with Crippen molar-refractivity contribution in [1.29, 1.82) is 0 Å². The maximum atomic E-state index is 12.1. The molecule has 0 saturated carbocycles. The van der Waals surface area contributed by atoms with E-state index in [0.717, 1.165) is 15.8 Å². The summed E-state index contributed by atoms with van der Waals surface area (Å²) in [5.74, 6) is -0.313. The highest BCUT2D eigenvalue weighted by molar-refractivity contribution is 7.16. The molecule has 4 rings (SSSR count). The smallest absolute Gasteiger partial charge is 0.374 e. The van der Waals surface area contributed by atoms with E-state index in [2.05, 4.69) is 20.1 Å². The molecule has 7 nitrogen and oxygen atoms in total. The van der Waals surface area contributed by atoms with Gasteiger partial charge in [-0.2, -0.15) is 5.10 Å². The molecule has 0 aliphatic rings. The van der Waals surface area contributed by atoms with Crippen LogP contribution in [0.15, 0.2) is 36.0 Å². The molecule has 126 valence electrons. The summed E-state index contributed by atoms with van der Waals surface area (Å²) in [6, 6.07) is 7.78. The number of H-pyrrole nitrogens is 1. The Labute approximate surface area is 147 Å². The summed E-state index contributed by atoms with van der Waals surface area (Å²) in [6.45, 7) is 2.06. The molecule has 0 saturated heterocycles. The lowest BCUT2D eigenvalue weighted by Crippen LogP contribution is -2.06. The lowest BCUT2D eigenvalue weighted by molar-refractivity contribution is 0.0513. The Morgan fingerprint density at radius 3 is 3.00 bits per heavy atom. The van der Waals surface area contributed by atoms with E-state index in [4.69, 9.17) is 4.74 Å². The van der Waals surface area contributed by atoms with Gasteiger partial charge in [-0.3, -0.25) is 4.68 Å². The second kappa shape index (κ2) is 6.14. The molecule has 0 unspecified atom stereocenters. The lowest BCUT2D eigenvalue weighted by Gasteiger charge is -2.00. The Hall–Kier alpha value is -3.00. The van der Waals surface area contributed by atoms with Gasteiger partial charge < -0.3 is 9.72 Å². The molecule has 1 aromatic carbocycles. The van der Waals surface area contributed by atoms with E-state index >= 15 is 0 Å². The van der Waals surface area contributed by atoms with E-state index in [1.54, 1.807) is 22.9 Å². The highest BCUT2D eigenvalue weighted by Crippen LogP contribution is 2.32. The first kappa shape index (κ1) is 15.5. The average Bonchev–Trinajstić information content (AvgIpc) is 3.32. The molecule has 0 radical (unpaired) electrons. The molecule has 4 aromatic rings. The van der Waals surface area contributed by atoms with Crippen LogP contribution < -0.4 is 0 Å². The van der Waals surface area contributed by atoms with Gasteiger partial charge in [-0.05, 0) is 25.1 Å². The summed E-state index contributed by atoms with van der Waals surface area (Å²) in [5.41, 5.74) is 5.70. The van der Waals surface area contributed by atoms with Gasteiger partial charge in [0, 0.05) is 18.8 Å². The molecule has 25 heavy (non-hydrogen) atoms. The number of hydrogen-bond acceptors (Lipinski definition) is 6. The van der Waals surface area contributed by atoms with Gasteiger partial charge in [0.1, 0.15) is 5.69 Å². The van der Waals surface area contributed by atoms with Gasteiger partial charge in [0.05, 0.1) is 33.7 Å². The SMILES string of the molecule is CCOC(=O)c1nc(-c2ccc3ncsc3c2)c(-c2ccn(C)n2)[nH]1. The van der Waals surface area contributed by atoms with Crippen molar-refractivity contribution in [3.05, 3.63) is 41.8 Å². The summed E-state index contributed by atoms with van der Waals surface area (Å²) in [5, 5.41) is 4.42. The minimum atomic E-state index is -0.482. The van der Waals surface area contributed by atoms with Gasteiger partial charge in [-0.1, -0.05) is 6.07 Å². The Morgan fingerprint density at radius 2 is 2.24 bits per heavy atom. The molecule has 0 fully saturated rings. The highest BCUT2D eigenvalue weighted by Gasteiger charge is 2.20. The van der Waals surface area contributed by atoms with Crippen LogP contribution in [0.4, 0.5) is 0 Å². The van der Waals surface area contributed by atoms with Gasteiger partial charge in [0.2, 0.25) is 5.82 Å². The fourth-order valence-electron chi connectivity index (χ4n) is 2.61. The van der Waals surface area contributed by atoms with Gasteiger partial charge in [-0.15, -0.1) is 11.3 Å². The van der Waals surface area contributed by atoms with Crippen LogP contribution in [0.3, 0.4) is 0 Å². The number of ether oxygens (including phenoxy) is 1. The van der Waals surface area contributed by atoms with Gasteiger partial charge in [-0.25, -0.2) is 14.8 Å². The van der Waals surface area contributed by atoms with Crippen molar-refractivity contribution in [2.45, 2.75) is 6.92 Å². The van der Waals surface area contributed by atoms with Crippen LogP contribution in [0, 0.1) is 0 Å². The first-order valence-electron chi connectivity index (χ1n) is 7.76. The Balaban J connectivity index is 1.87. The second-order valence-electron chi connectivity index (χ2n) is 5.44. The van der Waals surface area contributed by atoms with Crippen LogP contribution in [0.1, 0.15) is 17.5 Å². The van der Waals surface area contributed by atoms with Crippen molar-refractivity contribution in [2.24, 2.45) is 7.05 Å². The van der Waals surface area contributed by atoms with Crippen LogP contribution in [-0.2, 0) is 11.8 Å². The van der Waals surface area contributed by atoms with Crippen LogP contribution in [0.25, 0.3) is 32.9 Å². The lowest BCUT2D eigenvalue weighted by atomic mass is 10.1. The van der Waals surface area contributed by atoms with Crippen molar-refractivity contribution < 1.29 is 9.53 Å². The van der Waals surface area contributed by atoms with Gasteiger partial charge in [0.15, 0.2) is 0 Å². The molecule has 3 aromatic heterocycles. The fraction of sp³-hybridized carbons (Fsp3) is 0.176. The quantitative estimate of drug-likeness (QED) is 0.569. The first-order valence-corrected chi connectivity index (χ1v) is 8.64. The number of carbonyl (C=O) groups is 1. The number of imidazole rings is 1. The van der Waals surface area contributed by atoms with Crippen molar-refractivity contribution in [2.75, 3.05) is 6.61 Å². The number of benzene rings is 1. The molecule has 1 N–H and O–H groups in total. The Morgan fingerprint density at radius 1 is 1.36 bits per heavy atom. The van der Waals surface area contributed by atoms with E-state index in [0.29, 0.717) is 23.7 Å². The third-order valence-corrected chi connectivity index (χ3v) is 4.54. The summed E-state index contributed by atoms with van der Waals surface area (Å²) in [7, 11) is 1.84. The predicted molar refractivity (Wildman–Crippen MR) is 95.4 cm³/mol. The summed E-state index contributed by atoms with van der Waals surface area (Å²) in [4.78, 5) is 23.9.